The summed E-state index contributed by atoms with van der Waals surface area (Å²) >= 11 is 1.37. The minimum atomic E-state index is -0.261. The van der Waals surface area contributed by atoms with E-state index in [1.54, 1.807) is 12.1 Å². The van der Waals surface area contributed by atoms with Gasteiger partial charge in [0.2, 0.25) is 5.13 Å². The Morgan fingerprint density at radius 1 is 1.17 bits per heavy atom. The molecule has 7 heteroatoms. The molecule has 0 aliphatic carbocycles. The lowest BCUT2D eigenvalue weighted by atomic mass is 10.2. The van der Waals surface area contributed by atoms with Crippen LogP contribution in [-0.2, 0) is 4.79 Å². The average molecular weight is 335 g/mol. The van der Waals surface area contributed by atoms with E-state index in [2.05, 4.69) is 22.4 Å². The number of rotatable bonds is 8. The Balaban J connectivity index is 1.79. The first-order valence-corrected chi connectivity index (χ1v) is 8.39. The summed E-state index contributed by atoms with van der Waals surface area (Å²) in [6.07, 6.45) is 0.961. The normalized spacial score (nSPS) is 10.6. The predicted molar refractivity (Wildman–Crippen MR) is 90.4 cm³/mol. The van der Waals surface area contributed by atoms with Gasteiger partial charge in [0.05, 0.1) is 6.61 Å². The highest BCUT2D eigenvalue weighted by atomic mass is 32.1. The lowest BCUT2D eigenvalue weighted by Crippen LogP contribution is -2.20. The highest BCUT2D eigenvalue weighted by Crippen LogP contribution is 2.22. The molecule has 2 aromatic rings. The molecule has 1 aromatic heterocycles. The van der Waals surface area contributed by atoms with Crippen LogP contribution >= 0.6 is 11.3 Å². The first-order valence-electron chi connectivity index (χ1n) is 7.57. The number of hydrogen-bond acceptors (Lipinski definition) is 6. The summed E-state index contributed by atoms with van der Waals surface area (Å²) < 4.78 is 10.9. The van der Waals surface area contributed by atoms with E-state index in [4.69, 9.17) is 9.47 Å². The molecule has 0 radical (unpaired) electrons. The Morgan fingerprint density at radius 3 is 2.39 bits per heavy atom. The van der Waals surface area contributed by atoms with Gasteiger partial charge >= 0.3 is 0 Å². The second-order valence-corrected chi connectivity index (χ2v) is 6.27. The molecule has 0 fully saturated rings. The lowest BCUT2D eigenvalue weighted by Gasteiger charge is -2.07. The maximum Gasteiger partial charge on any atom is 0.264 e. The Kier molecular flexibility index (Phi) is 6.34. The molecule has 23 heavy (non-hydrogen) atoms. The zero-order valence-electron chi connectivity index (χ0n) is 13.5. The predicted octanol–water partition coefficient (Wildman–Crippen LogP) is 3.47. The van der Waals surface area contributed by atoms with Crippen molar-refractivity contribution in [2.45, 2.75) is 33.1 Å². The van der Waals surface area contributed by atoms with E-state index in [0.29, 0.717) is 23.4 Å². The van der Waals surface area contributed by atoms with Crippen molar-refractivity contribution in [3.8, 4) is 11.5 Å². The molecule has 0 aliphatic rings. The zero-order chi connectivity index (χ0) is 16.7. The van der Waals surface area contributed by atoms with Crippen LogP contribution in [-0.4, -0.2) is 29.3 Å². The van der Waals surface area contributed by atoms with Crippen molar-refractivity contribution < 1.29 is 14.3 Å². The van der Waals surface area contributed by atoms with E-state index in [0.717, 1.165) is 17.2 Å². The van der Waals surface area contributed by atoms with Crippen molar-refractivity contribution in [3.05, 3.63) is 29.3 Å². The Morgan fingerprint density at radius 2 is 1.83 bits per heavy atom. The van der Waals surface area contributed by atoms with Crippen molar-refractivity contribution in [1.82, 2.24) is 10.2 Å². The number of amides is 1. The van der Waals surface area contributed by atoms with Crippen LogP contribution in [0, 0.1) is 0 Å². The van der Waals surface area contributed by atoms with Gasteiger partial charge < -0.3 is 9.47 Å². The van der Waals surface area contributed by atoms with Gasteiger partial charge in [0.1, 0.15) is 16.5 Å². The van der Waals surface area contributed by atoms with Crippen LogP contribution < -0.4 is 14.8 Å². The summed E-state index contributed by atoms with van der Waals surface area (Å²) in [4.78, 5) is 11.9. The number of aromatic nitrogens is 2. The number of carbonyl (C=O) groups is 1. The third-order valence-corrected chi connectivity index (χ3v) is 3.99. The van der Waals surface area contributed by atoms with Crippen LogP contribution in [0.5, 0.6) is 11.5 Å². The Hall–Kier alpha value is -2.15. The van der Waals surface area contributed by atoms with E-state index in [1.165, 1.54) is 11.3 Å². The van der Waals surface area contributed by atoms with E-state index in [-0.39, 0.29) is 12.5 Å². The molecule has 2 rings (SSSR count). The second-order valence-electron chi connectivity index (χ2n) is 5.26. The quantitative estimate of drug-likeness (QED) is 0.799. The van der Waals surface area contributed by atoms with Gasteiger partial charge in [-0.3, -0.25) is 10.1 Å². The highest BCUT2D eigenvalue weighted by molar-refractivity contribution is 7.15. The fourth-order valence-corrected chi connectivity index (χ4v) is 2.44. The number of nitrogens with zero attached hydrogens (tertiary/aromatic N) is 2. The van der Waals surface area contributed by atoms with Gasteiger partial charge in [-0.1, -0.05) is 32.1 Å². The van der Waals surface area contributed by atoms with Crippen LogP contribution in [0.25, 0.3) is 0 Å². The van der Waals surface area contributed by atoms with Crippen molar-refractivity contribution in [2.75, 3.05) is 18.5 Å². The first kappa shape index (κ1) is 17.2. The maximum atomic E-state index is 11.9. The van der Waals surface area contributed by atoms with Crippen LogP contribution in [0.3, 0.4) is 0 Å². The monoisotopic (exact) mass is 335 g/mol. The Labute approximate surface area is 139 Å². The molecule has 1 heterocycles. The number of carbonyl (C=O) groups excluding carboxylic acids is 1. The first-order chi connectivity index (χ1) is 11.1. The number of benzene rings is 1. The number of nitrogens with one attached hydrogen (secondary N) is 1. The van der Waals surface area contributed by atoms with Gasteiger partial charge in [0.15, 0.2) is 6.61 Å². The SMILES string of the molecule is CCCOc1ccc(OCC(=O)Nc2nnc(C(C)C)s2)cc1. The van der Waals surface area contributed by atoms with Gasteiger partial charge in [0.25, 0.3) is 5.91 Å². The Bertz CT molecular complexity index is 626. The molecule has 1 amide bonds. The molecule has 0 saturated carbocycles. The van der Waals surface area contributed by atoms with E-state index in [9.17, 15) is 4.79 Å². The van der Waals surface area contributed by atoms with E-state index < -0.39 is 0 Å². The molecule has 0 spiro atoms. The lowest BCUT2D eigenvalue weighted by molar-refractivity contribution is -0.118. The molecular weight excluding hydrogens is 314 g/mol. The molecule has 0 unspecified atom stereocenters. The molecule has 0 aliphatic heterocycles. The fraction of sp³-hybridized carbons (Fsp3) is 0.438. The third-order valence-electron chi connectivity index (χ3n) is 2.85. The second kappa shape index (κ2) is 8.47. The third kappa shape index (κ3) is 5.52. The van der Waals surface area contributed by atoms with Crippen LogP contribution in [0.1, 0.15) is 38.1 Å². The van der Waals surface area contributed by atoms with Crippen LogP contribution in [0.2, 0.25) is 0 Å². The number of ether oxygens (including phenoxy) is 2. The molecular formula is C16H21N3O3S. The van der Waals surface area contributed by atoms with Crippen molar-refractivity contribution in [1.29, 1.82) is 0 Å². The molecule has 0 atom stereocenters. The number of hydrogen-bond donors (Lipinski definition) is 1. The van der Waals surface area contributed by atoms with Crippen molar-refractivity contribution >= 4 is 22.4 Å². The summed E-state index contributed by atoms with van der Waals surface area (Å²) in [5, 5.41) is 12.0. The molecule has 0 saturated heterocycles. The molecule has 6 nitrogen and oxygen atoms in total. The number of anilines is 1. The van der Waals surface area contributed by atoms with Gasteiger partial charge in [-0.05, 0) is 30.7 Å². The largest absolute Gasteiger partial charge is 0.494 e. The summed E-state index contributed by atoms with van der Waals surface area (Å²) in [7, 11) is 0. The van der Waals surface area contributed by atoms with Gasteiger partial charge in [-0.25, -0.2) is 0 Å². The topological polar surface area (TPSA) is 73.3 Å². The summed E-state index contributed by atoms with van der Waals surface area (Å²) in [6.45, 7) is 6.72. The van der Waals surface area contributed by atoms with Crippen LogP contribution in [0.15, 0.2) is 24.3 Å². The van der Waals surface area contributed by atoms with E-state index >= 15 is 0 Å². The smallest absolute Gasteiger partial charge is 0.264 e. The molecule has 1 aromatic carbocycles. The fourth-order valence-electron chi connectivity index (χ4n) is 1.67. The average Bonchev–Trinajstić information content (AvgIpc) is 3.00. The van der Waals surface area contributed by atoms with E-state index in [1.807, 2.05) is 26.0 Å². The molecule has 0 bridgehead atoms. The van der Waals surface area contributed by atoms with Crippen molar-refractivity contribution in [3.63, 3.8) is 0 Å². The summed E-state index contributed by atoms with van der Waals surface area (Å²) in [5.74, 6) is 1.44. The van der Waals surface area contributed by atoms with Gasteiger partial charge in [-0.2, -0.15) is 0 Å². The highest BCUT2D eigenvalue weighted by Gasteiger charge is 2.10. The van der Waals surface area contributed by atoms with Crippen molar-refractivity contribution in [2.24, 2.45) is 0 Å². The van der Waals surface area contributed by atoms with Gasteiger partial charge in [0, 0.05) is 5.92 Å². The minimum absolute atomic E-state index is 0.0776. The zero-order valence-corrected chi connectivity index (χ0v) is 14.4. The summed E-state index contributed by atoms with van der Waals surface area (Å²) in [5.41, 5.74) is 0. The van der Waals surface area contributed by atoms with Gasteiger partial charge in [-0.15, -0.1) is 10.2 Å². The molecule has 1 N–H and O–H groups in total. The van der Waals surface area contributed by atoms with Crippen LogP contribution in [0.4, 0.5) is 5.13 Å². The standard InChI is InChI=1S/C16H21N3O3S/c1-4-9-21-12-5-7-13(8-6-12)22-10-14(20)17-16-19-18-15(23-16)11(2)3/h5-8,11H,4,9-10H2,1-3H3,(H,17,19,20). The maximum absolute atomic E-state index is 11.9. The minimum Gasteiger partial charge on any atom is -0.494 e. The molecule has 124 valence electrons. The summed E-state index contributed by atoms with van der Waals surface area (Å²) in [6, 6.07) is 7.20.